The predicted octanol–water partition coefficient (Wildman–Crippen LogP) is 1.29. The SMILES string of the molecule is Cc1noc(C)c1S(=O)(=O)N1CCCC(n2cc(C(=O)NCC(C)C)nn2)C1. The van der Waals surface area contributed by atoms with E-state index < -0.39 is 10.0 Å². The van der Waals surface area contributed by atoms with Crippen molar-refractivity contribution in [2.24, 2.45) is 5.92 Å². The van der Waals surface area contributed by atoms with E-state index in [9.17, 15) is 13.2 Å². The highest BCUT2D eigenvalue weighted by Crippen LogP contribution is 2.29. The van der Waals surface area contributed by atoms with Crippen LogP contribution in [0.4, 0.5) is 0 Å². The Morgan fingerprint density at radius 2 is 2.14 bits per heavy atom. The molecule has 1 aliphatic heterocycles. The number of aryl methyl sites for hydroxylation is 2. The van der Waals surface area contributed by atoms with E-state index in [1.807, 2.05) is 13.8 Å². The van der Waals surface area contributed by atoms with Crippen LogP contribution in [0.25, 0.3) is 0 Å². The average Bonchev–Trinajstić information content (AvgIpc) is 3.27. The number of hydrogen-bond donors (Lipinski definition) is 1. The molecule has 2 aromatic heterocycles. The molecule has 1 saturated heterocycles. The summed E-state index contributed by atoms with van der Waals surface area (Å²) in [6.07, 6.45) is 3.01. The minimum Gasteiger partial charge on any atom is -0.360 e. The fourth-order valence-corrected chi connectivity index (χ4v) is 5.08. The Kier molecular flexibility index (Phi) is 5.84. The highest BCUT2D eigenvalue weighted by atomic mass is 32.2. The van der Waals surface area contributed by atoms with Crippen molar-refractivity contribution >= 4 is 15.9 Å². The molecule has 3 heterocycles. The second-order valence-corrected chi connectivity index (χ2v) is 9.37. The van der Waals surface area contributed by atoms with Crippen molar-refractivity contribution in [2.45, 2.75) is 51.5 Å². The number of hydrogen-bond acceptors (Lipinski definition) is 7. The Morgan fingerprint density at radius 1 is 1.39 bits per heavy atom. The molecule has 0 aromatic carbocycles. The van der Waals surface area contributed by atoms with Crippen LogP contribution in [0.5, 0.6) is 0 Å². The van der Waals surface area contributed by atoms with E-state index in [1.165, 1.54) is 4.31 Å². The summed E-state index contributed by atoms with van der Waals surface area (Å²) in [5, 5.41) is 14.6. The molecular formula is C17H26N6O4S. The first-order valence-electron chi connectivity index (χ1n) is 9.33. The molecule has 154 valence electrons. The molecule has 2 aromatic rings. The third-order valence-electron chi connectivity index (χ3n) is 4.71. The van der Waals surface area contributed by atoms with Gasteiger partial charge in [-0.25, -0.2) is 13.1 Å². The van der Waals surface area contributed by atoms with Gasteiger partial charge in [-0.3, -0.25) is 4.79 Å². The fraction of sp³-hybridized carbons (Fsp3) is 0.647. The standard InChI is InChI=1S/C17H26N6O4S/c1-11(2)8-18-17(24)15-10-23(21-19-15)14-6-5-7-22(9-14)28(25,26)16-12(3)20-27-13(16)4/h10-11,14H,5-9H2,1-4H3,(H,18,24). The van der Waals surface area contributed by atoms with E-state index in [0.717, 1.165) is 6.42 Å². The van der Waals surface area contributed by atoms with Crippen molar-refractivity contribution in [1.82, 2.24) is 29.8 Å². The Hall–Kier alpha value is -2.27. The van der Waals surface area contributed by atoms with E-state index in [1.54, 1.807) is 24.7 Å². The molecule has 0 aliphatic carbocycles. The molecule has 11 heteroatoms. The molecule has 1 amide bonds. The Labute approximate surface area is 164 Å². The topological polar surface area (TPSA) is 123 Å². The van der Waals surface area contributed by atoms with Gasteiger partial charge in [-0.15, -0.1) is 5.10 Å². The summed E-state index contributed by atoms with van der Waals surface area (Å²) in [5.74, 6) is 0.334. The smallest absolute Gasteiger partial charge is 0.273 e. The molecule has 0 bridgehead atoms. The van der Waals surface area contributed by atoms with Gasteiger partial charge in [0, 0.05) is 19.6 Å². The molecule has 0 spiro atoms. The number of sulfonamides is 1. The lowest BCUT2D eigenvalue weighted by molar-refractivity contribution is 0.0944. The molecule has 3 rings (SSSR count). The van der Waals surface area contributed by atoms with Crippen LogP contribution in [-0.2, 0) is 10.0 Å². The van der Waals surface area contributed by atoms with Crippen LogP contribution in [0, 0.1) is 19.8 Å². The predicted molar refractivity (Wildman–Crippen MR) is 100 cm³/mol. The van der Waals surface area contributed by atoms with Crippen LogP contribution >= 0.6 is 0 Å². The minimum absolute atomic E-state index is 0.125. The lowest BCUT2D eigenvalue weighted by Crippen LogP contribution is -2.41. The number of carbonyl (C=O) groups excluding carboxylic acids is 1. The zero-order chi connectivity index (χ0) is 20.5. The van der Waals surface area contributed by atoms with Gasteiger partial charge in [-0.1, -0.05) is 24.2 Å². The second kappa shape index (κ2) is 8.00. The zero-order valence-corrected chi connectivity index (χ0v) is 17.4. The fourth-order valence-electron chi connectivity index (χ4n) is 3.27. The highest BCUT2D eigenvalue weighted by molar-refractivity contribution is 7.89. The summed E-state index contributed by atoms with van der Waals surface area (Å²) in [5.41, 5.74) is 0.579. The number of nitrogens with one attached hydrogen (secondary N) is 1. The van der Waals surface area contributed by atoms with Crippen LogP contribution in [0.2, 0.25) is 0 Å². The van der Waals surface area contributed by atoms with Crippen LogP contribution in [0.1, 0.15) is 54.7 Å². The summed E-state index contributed by atoms with van der Waals surface area (Å²) >= 11 is 0. The lowest BCUT2D eigenvalue weighted by atomic mass is 10.1. The summed E-state index contributed by atoms with van der Waals surface area (Å²) in [4.78, 5) is 12.3. The maximum absolute atomic E-state index is 13.0. The van der Waals surface area contributed by atoms with Crippen molar-refractivity contribution in [1.29, 1.82) is 0 Å². The molecule has 1 atom stereocenters. The van der Waals surface area contributed by atoms with Gasteiger partial charge in [0.25, 0.3) is 5.91 Å². The molecule has 1 fully saturated rings. The molecule has 1 aliphatic rings. The van der Waals surface area contributed by atoms with Crippen molar-refractivity contribution < 1.29 is 17.7 Å². The van der Waals surface area contributed by atoms with Crippen LogP contribution in [0.3, 0.4) is 0 Å². The minimum atomic E-state index is -3.71. The van der Waals surface area contributed by atoms with Gasteiger partial charge in [0.15, 0.2) is 11.5 Å². The van der Waals surface area contributed by atoms with Crippen molar-refractivity contribution in [3.8, 4) is 0 Å². The summed E-state index contributed by atoms with van der Waals surface area (Å²) in [7, 11) is -3.71. The quantitative estimate of drug-likeness (QED) is 0.761. The molecule has 28 heavy (non-hydrogen) atoms. The Bertz CT molecular complexity index is 929. The molecule has 10 nitrogen and oxygen atoms in total. The number of carbonyl (C=O) groups is 1. The van der Waals surface area contributed by atoms with Gasteiger partial charge in [0.1, 0.15) is 10.6 Å². The van der Waals surface area contributed by atoms with Gasteiger partial charge in [-0.05, 0) is 32.6 Å². The van der Waals surface area contributed by atoms with Crippen molar-refractivity contribution in [3.63, 3.8) is 0 Å². The normalized spacial score (nSPS) is 18.5. The first kappa shape index (κ1) is 20.5. The van der Waals surface area contributed by atoms with E-state index >= 15 is 0 Å². The summed E-state index contributed by atoms with van der Waals surface area (Å²) < 4.78 is 34.1. The zero-order valence-electron chi connectivity index (χ0n) is 16.5. The van der Waals surface area contributed by atoms with Gasteiger partial charge in [0.05, 0.1) is 12.2 Å². The third-order valence-corrected chi connectivity index (χ3v) is 6.82. The lowest BCUT2D eigenvalue weighted by Gasteiger charge is -2.31. The average molecular weight is 411 g/mol. The largest absolute Gasteiger partial charge is 0.360 e. The van der Waals surface area contributed by atoms with Gasteiger partial charge in [-0.2, -0.15) is 4.31 Å². The number of rotatable bonds is 6. The van der Waals surface area contributed by atoms with E-state index in [0.29, 0.717) is 31.1 Å². The van der Waals surface area contributed by atoms with Crippen LogP contribution in [-0.4, -0.2) is 58.4 Å². The first-order valence-corrected chi connectivity index (χ1v) is 10.8. The van der Waals surface area contributed by atoms with E-state index in [2.05, 4.69) is 20.8 Å². The van der Waals surface area contributed by atoms with E-state index in [4.69, 9.17) is 4.52 Å². The number of nitrogens with zero attached hydrogens (tertiary/aromatic N) is 5. The van der Waals surface area contributed by atoms with Gasteiger partial charge in [0.2, 0.25) is 10.0 Å². The van der Waals surface area contributed by atoms with Crippen LogP contribution in [0.15, 0.2) is 15.6 Å². The number of aromatic nitrogens is 4. The molecule has 0 radical (unpaired) electrons. The molecular weight excluding hydrogens is 384 g/mol. The van der Waals surface area contributed by atoms with Crippen molar-refractivity contribution in [2.75, 3.05) is 19.6 Å². The van der Waals surface area contributed by atoms with Crippen molar-refractivity contribution in [3.05, 3.63) is 23.3 Å². The maximum atomic E-state index is 13.0. The second-order valence-electron chi connectivity index (χ2n) is 7.50. The number of piperidine rings is 1. The molecule has 1 N–H and O–H groups in total. The van der Waals surface area contributed by atoms with Gasteiger partial charge >= 0.3 is 0 Å². The number of amides is 1. The van der Waals surface area contributed by atoms with E-state index in [-0.39, 0.29) is 34.8 Å². The Balaban J connectivity index is 1.75. The monoisotopic (exact) mass is 410 g/mol. The van der Waals surface area contributed by atoms with Crippen LogP contribution < -0.4 is 5.32 Å². The Morgan fingerprint density at radius 3 is 2.79 bits per heavy atom. The summed E-state index contributed by atoms with van der Waals surface area (Å²) in [6.45, 7) is 8.44. The first-order chi connectivity index (χ1) is 13.2. The van der Waals surface area contributed by atoms with Gasteiger partial charge < -0.3 is 9.84 Å². The molecule has 0 saturated carbocycles. The maximum Gasteiger partial charge on any atom is 0.273 e. The highest BCUT2D eigenvalue weighted by Gasteiger charge is 2.35. The summed E-state index contributed by atoms with van der Waals surface area (Å²) in [6, 6.07) is -0.192. The third kappa shape index (κ3) is 4.09. The molecule has 1 unspecified atom stereocenters.